The minimum absolute atomic E-state index is 0.103. The fourth-order valence-corrected chi connectivity index (χ4v) is 2.44. The Morgan fingerprint density at radius 1 is 1.11 bits per heavy atom. The van der Waals surface area contributed by atoms with Crippen LogP contribution in [0.3, 0.4) is 0 Å². The highest BCUT2D eigenvalue weighted by Crippen LogP contribution is 2.22. The fourth-order valence-electron chi connectivity index (χ4n) is 2.44. The summed E-state index contributed by atoms with van der Waals surface area (Å²) >= 11 is 0. The number of hydrogen-bond acceptors (Lipinski definition) is 3. The van der Waals surface area contributed by atoms with Crippen LogP contribution in [0.2, 0.25) is 0 Å². The summed E-state index contributed by atoms with van der Waals surface area (Å²) in [7, 11) is 3.34. The molecule has 0 aromatic heterocycles. The highest BCUT2D eigenvalue weighted by molar-refractivity contribution is 5.38. The van der Waals surface area contributed by atoms with Gasteiger partial charge in [-0.25, -0.2) is 0 Å². The third-order valence-electron chi connectivity index (χ3n) is 3.53. The molecule has 0 radical (unpaired) electrons. The van der Waals surface area contributed by atoms with Crippen molar-refractivity contribution in [2.45, 2.75) is 25.5 Å². The first-order valence-corrected chi connectivity index (χ1v) is 6.45. The first kappa shape index (κ1) is 13.2. The van der Waals surface area contributed by atoms with Crippen LogP contribution in [0.25, 0.3) is 0 Å². The van der Waals surface area contributed by atoms with E-state index in [4.69, 9.17) is 9.47 Å². The van der Waals surface area contributed by atoms with E-state index in [0.717, 1.165) is 44.0 Å². The molecule has 2 N–H and O–H groups in total. The smallest absolute Gasteiger partial charge is 0.123 e. The first-order valence-electron chi connectivity index (χ1n) is 6.45. The number of aliphatic hydroxyl groups excluding tert-OH is 1. The summed E-state index contributed by atoms with van der Waals surface area (Å²) in [5.41, 5.74) is 1.22. The zero-order chi connectivity index (χ0) is 13.0. The summed E-state index contributed by atoms with van der Waals surface area (Å²) in [6, 6.07) is 6.00. The number of benzene rings is 1. The van der Waals surface area contributed by atoms with E-state index in [1.54, 1.807) is 14.2 Å². The van der Waals surface area contributed by atoms with Gasteiger partial charge < -0.3 is 19.5 Å². The predicted octanol–water partition coefficient (Wildman–Crippen LogP) is 0.243. The second kappa shape index (κ2) is 6.07. The Hall–Kier alpha value is -1.26. The molecule has 0 spiro atoms. The van der Waals surface area contributed by atoms with Crippen molar-refractivity contribution in [3.05, 3.63) is 23.8 Å². The second-order valence-electron chi connectivity index (χ2n) is 4.88. The van der Waals surface area contributed by atoms with Crippen molar-refractivity contribution in [3.63, 3.8) is 0 Å². The van der Waals surface area contributed by atoms with Crippen LogP contribution in [-0.2, 0) is 6.54 Å². The Kier molecular flexibility index (Phi) is 4.44. The lowest BCUT2D eigenvalue weighted by atomic mass is 10.1. The fraction of sp³-hybridized carbons (Fsp3) is 0.571. The number of nitrogens with one attached hydrogen (secondary N) is 1. The zero-order valence-corrected chi connectivity index (χ0v) is 11.1. The van der Waals surface area contributed by atoms with Gasteiger partial charge in [0.2, 0.25) is 0 Å². The Balaban J connectivity index is 2.03. The number of likely N-dealkylation sites (tertiary alicyclic amines) is 1. The van der Waals surface area contributed by atoms with Crippen molar-refractivity contribution in [2.75, 3.05) is 27.3 Å². The first-order chi connectivity index (χ1) is 8.71. The molecule has 0 amide bonds. The lowest BCUT2D eigenvalue weighted by Crippen LogP contribution is -3.12. The lowest BCUT2D eigenvalue weighted by Gasteiger charge is -2.26. The molecular formula is C14H22NO3+. The van der Waals surface area contributed by atoms with E-state index in [1.165, 1.54) is 10.5 Å². The topological polar surface area (TPSA) is 43.1 Å². The molecule has 0 atom stereocenters. The van der Waals surface area contributed by atoms with Gasteiger partial charge >= 0.3 is 0 Å². The molecule has 1 aliphatic heterocycles. The van der Waals surface area contributed by atoms with E-state index in [0.29, 0.717) is 0 Å². The molecule has 1 saturated heterocycles. The van der Waals surface area contributed by atoms with Gasteiger partial charge in [-0.2, -0.15) is 0 Å². The van der Waals surface area contributed by atoms with Crippen LogP contribution in [0, 0.1) is 0 Å². The normalized spacial score (nSPS) is 23.7. The van der Waals surface area contributed by atoms with Crippen molar-refractivity contribution >= 4 is 0 Å². The minimum Gasteiger partial charge on any atom is -0.497 e. The van der Waals surface area contributed by atoms with Crippen molar-refractivity contribution in [1.82, 2.24) is 0 Å². The monoisotopic (exact) mass is 252 g/mol. The van der Waals surface area contributed by atoms with E-state index in [1.807, 2.05) is 6.07 Å². The number of piperidine rings is 1. The molecule has 0 bridgehead atoms. The van der Waals surface area contributed by atoms with Gasteiger partial charge in [-0.1, -0.05) is 0 Å². The molecule has 18 heavy (non-hydrogen) atoms. The Morgan fingerprint density at radius 3 is 2.17 bits per heavy atom. The quantitative estimate of drug-likeness (QED) is 0.807. The summed E-state index contributed by atoms with van der Waals surface area (Å²) in [5.74, 6) is 1.67. The van der Waals surface area contributed by atoms with E-state index >= 15 is 0 Å². The molecule has 0 saturated carbocycles. The number of ether oxygens (including phenoxy) is 2. The van der Waals surface area contributed by atoms with E-state index < -0.39 is 0 Å². The van der Waals surface area contributed by atoms with Crippen LogP contribution in [0.5, 0.6) is 11.5 Å². The van der Waals surface area contributed by atoms with Gasteiger partial charge in [0, 0.05) is 24.5 Å². The maximum atomic E-state index is 9.50. The average molecular weight is 252 g/mol. The van der Waals surface area contributed by atoms with Gasteiger partial charge in [0.1, 0.15) is 18.0 Å². The SMILES string of the molecule is COc1cc(C[NH+]2CCC(O)CC2)cc(OC)c1. The number of hydrogen-bond donors (Lipinski definition) is 2. The highest BCUT2D eigenvalue weighted by Gasteiger charge is 2.20. The summed E-state index contributed by atoms with van der Waals surface area (Å²) in [4.78, 5) is 1.51. The van der Waals surface area contributed by atoms with Gasteiger partial charge in [-0.3, -0.25) is 0 Å². The number of methoxy groups -OCH3 is 2. The van der Waals surface area contributed by atoms with Crippen LogP contribution in [0.4, 0.5) is 0 Å². The van der Waals surface area contributed by atoms with E-state index in [2.05, 4.69) is 12.1 Å². The molecule has 4 heteroatoms. The number of aliphatic hydroxyl groups is 1. The van der Waals surface area contributed by atoms with Crippen LogP contribution >= 0.6 is 0 Å². The molecular weight excluding hydrogens is 230 g/mol. The summed E-state index contributed by atoms with van der Waals surface area (Å²) in [6.07, 6.45) is 1.70. The second-order valence-corrected chi connectivity index (χ2v) is 4.88. The molecule has 0 unspecified atom stereocenters. The Morgan fingerprint density at radius 2 is 1.67 bits per heavy atom. The predicted molar refractivity (Wildman–Crippen MR) is 69.2 cm³/mol. The number of rotatable bonds is 4. The molecule has 1 aromatic rings. The lowest BCUT2D eigenvalue weighted by molar-refractivity contribution is -0.919. The van der Waals surface area contributed by atoms with E-state index in [-0.39, 0.29) is 6.10 Å². The third-order valence-corrected chi connectivity index (χ3v) is 3.53. The van der Waals surface area contributed by atoms with Crippen LogP contribution in [0.1, 0.15) is 18.4 Å². The van der Waals surface area contributed by atoms with E-state index in [9.17, 15) is 5.11 Å². The van der Waals surface area contributed by atoms with Crippen molar-refractivity contribution < 1.29 is 19.5 Å². The van der Waals surface area contributed by atoms with Gasteiger partial charge in [0.15, 0.2) is 0 Å². The highest BCUT2D eigenvalue weighted by atomic mass is 16.5. The molecule has 4 nitrogen and oxygen atoms in total. The third kappa shape index (κ3) is 3.37. The maximum Gasteiger partial charge on any atom is 0.123 e. The van der Waals surface area contributed by atoms with Gasteiger partial charge in [0.05, 0.1) is 33.4 Å². The molecule has 0 aliphatic carbocycles. The van der Waals surface area contributed by atoms with Gasteiger partial charge in [-0.15, -0.1) is 0 Å². The minimum atomic E-state index is -0.103. The van der Waals surface area contributed by atoms with Crippen molar-refractivity contribution in [1.29, 1.82) is 0 Å². The summed E-state index contributed by atoms with van der Waals surface area (Å²) in [6.45, 7) is 3.02. The van der Waals surface area contributed by atoms with Gasteiger partial charge in [0.25, 0.3) is 0 Å². The molecule has 1 heterocycles. The average Bonchev–Trinajstić information content (AvgIpc) is 2.41. The summed E-state index contributed by atoms with van der Waals surface area (Å²) < 4.78 is 10.5. The number of quaternary nitrogens is 1. The molecule has 1 aromatic carbocycles. The summed E-state index contributed by atoms with van der Waals surface area (Å²) in [5, 5.41) is 9.50. The molecule has 2 rings (SSSR count). The molecule has 100 valence electrons. The van der Waals surface area contributed by atoms with Crippen molar-refractivity contribution in [3.8, 4) is 11.5 Å². The maximum absolute atomic E-state index is 9.50. The standard InChI is InChI=1S/C14H21NO3/c1-17-13-7-11(8-14(9-13)18-2)10-15-5-3-12(16)4-6-15/h7-9,12,16H,3-6,10H2,1-2H3/p+1. The van der Waals surface area contributed by atoms with Crippen LogP contribution in [-0.4, -0.2) is 38.5 Å². The zero-order valence-electron chi connectivity index (χ0n) is 11.1. The molecule has 1 aliphatic rings. The van der Waals surface area contributed by atoms with Crippen molar-refractivity contribution in [2.24, 2.45) is 0 Å². The largest absolute Gasteiger partial charge is 0.497 e. The van der Waals surface area contributed by atoms with Crippen LogP contribution in [0.15, 0.2) is 18.2 Å². The molecule has 1 fully saturated rings. The Labute approximate surface area is 108 Å². The van der Waals surface area contributed by atoms with Crippen LogP contribution < -0.4 is 14.4 Å². The van der Waals surface area contributed by atoms with Gasteiger partial charge in [-0.05, 0) is 12.1 Å². The Bertz CT molecular complexity index is 364.